The van der Waals surface area contributed by atoms with Gasteiger partial charge in [0.15, 0.2) is 0 Å². The molecule has 35 heavy (non-hydrogen) atoms. The Morgan fingerprint density at radius 1 is 1.11 bits per heavy atom. The molecule has 0 unspecified atom stereocenters. The highest BCUT2D eigenvalue weighted by Gasteiger charge is 2.24. The predicted octanol–water partition coefficient (Wildman–Crippen LogP) is 4.69. The van der Waals surface area contributed by atoms with Gasteiger partial charge in [0.25, 0.3) is 11.5 Å². The van der Waals surface area contributed by atoms with Crippen LogP contribution in [0.25, 0.3) is 0 Å². The summed E-state index contributed by atoms with van der Waals surface area (Å²) in [6, 6.07) is 11.7. The number of urea groups is 1. The number of aromatic amines is 1. The normalized spacial score (nSPS) is 17.1. The summed E-state index contributed by atoms with van der Waals surface area (Å²) in [5.74, 6) is -0.867. The van der Waals surface area contributed by atoms with Crippen molar-refractivity contribution in [3.8, 4) is 0 Å². The van der Waals surface area contributed by atoms with E-state index in [1.807, 2.05) is 0 Å². The second kappa shape index (κ2) is 10.7. The maximum atomic E-state index is 14.7. The summed E-state index contributed by atoms with van der Waals surface area (Å²) < 4.78 is 14.7. The van der Waals surface area contributed by atoms with Crippen molar-refractivity contribution in [3.63, 3.8) is 0 Å². The number of nitrogens with one attached hydrogen (secondary N) is 4. The SMILES string of the molecule is C[C@H]1CC[C@@H](CNC(=O)Nc2cc(Cl)c(NC(=O)c3ccccc3)cc2F)c2n[nH]c(=O)cc2C1. The van der Waals surface area contributed by atoms with Crippen molar-refractivity contribution in [3.05, 3.63) is 86.5 Å². The Morgan fingerprint density at radius 3 is 2.66 bits per heavy atom. The van der Waals surface area contributed by atoms with Crippen LogP contribution in [0.4, 0.5) is 20.6 Å². The summed E-state index contributed by atoms with van der Waals surface area (Å²) in [5.41, 5.74) is 1.77. The maximum Gasteiger partial charge on any atom is 0.319 e. The van der Waals surface area contributed by atoms with Crippen LogP contribution in [0.3, 0.4) is 0 Å². The van der Waals surface area contributed by atoms with E-state index in [4.69, 9.17) is 11.6 Å². The van der Waals surface area contributed by atoms with Crippen molar-refractivity contribution in [1.82, 2.24) is 15.5 Å². The number of H-pyrrole nitrogens is 1. The van der Waals surface area contributed by atoms with Crippen LogP contribution >= 0.6 is 11.6 Å². The van der Waals surface area contributed by atoms with Crippen molar-refractivity contribution in [2.45, 2.75) is 32.1 Å². The number of halogens is 2. The summed E-state index contributed by atoms with van der Waals surface area (Å²) in [7, 11) is 0. The van der Waals surface area contributed by atoms with E-state index in [1.165, 1.54) is 6.07 Å². The number of rotatable bonds is 5. The average Bonchev–Trinajstić information content (AvgIpc) is 2.98. The highest BCUT2D eigenvalue weighted by Crippen LogP contribution is 2.31. The van der Waals surface area contributed by atoms with Crippen LogP contribution < -0.4 is 21.5 Å². The van der Waals surface area contributed by atoms with Gasteiger partial charge in [-0.3, -0.25) is 9.59 Å². The molecule has 4 N–H and O–H groups in total. The fraction of sp³-hybridized carbons (Fsp3) is 0.280. The third kappa shape index (κ3) is 6.05. The summed E-state index contributed by atoms with van der Waals surface area (Å²) in [6.45, 7) is 2.39. The number of carbonyl (C=O) groups excluding carboxylic acids is 2. The molecule has 3 amide bonds. The average molecular weight is 498 g/mol. The number of benzene rings is 2. The van der Waals surface area contributed by atoms with E-state index in [1.54, 1.807) is 36.4 Å². The summed E-state index contributed by atoms with van der Waals surface area (Å²) in [5, 5.41) is 14.5. The molecule has 1 heterocycles. The van der Waals surface area contributed by atoms with Gasteiger partial charge in [0, 0.05) is 30.2 Å². The zero-order chi connectivity index (χ0) is 24.9. The Morgan fingerprint density at radius 2 is 1.89 bits per heavy atom. The van der Waals surface area contributed by atoms with Crippen LogP contribution in [0.15, 0.2) is 53.3 Å². The molecule has 3 aromatic rings. The first-order valence-electron chi connectivity index (χ1n) is 11.3. The van der Waals surface area contributed by atoms with E-state index in [2.05, 4.69) is 33.1 Å². The minimum Gasteiger partial charge on any atom is -0.337 e. The van der Waals surface area contributed by atoms with Crippen LogP contribution in [0, 0.1) is 11.7 Å². The number of anilines is 2. The van der Waals surface area contributed by atoms with Gasteiger partial charge in [-0.15, -0.1) is 0 Å². The topological polar surface area (TPSA) is 116 Å². The number of hydrogen-bond acceptors (Lipinski definition) is 4. The number of hydrogen-bond donors (Lipinski definition) is 4. The largest absolute Gasteiger partial charge is 0.337 e. The van der Waals surface area contributed by atoms with Gasteiger partial charge in [-0.05, 0) is 48.9 Å². The smallest absolute Gasteiger partial charge is 0.319 e. The number of amides is 3. The zero-order valence-electron chi connectivity index (χ0n) is 19.0. The van der Waals surface area contributed by atoms with Gasteiger partial charge in [-0.1, -0.05) is 36.7 Å². The standard InChI is InChI=1S/C25H25ClFN5O3/c1-14-7-8-16(23-17(9-14)10-22(33)31-32-23)13-28-25(35)30-21-11-18(26)20(12-19(21)27)29-24(34)15-5-3-2-4-6-15/h2-6,10-12,14,16H,7-9,13H2,1H3,(H,29,34)(H,31,33)(H2,28,30,35)/t14-,16-/m0/s1. The minimum atomic E-state index is -0.749. The van der Waals surface area contributed by atoms with Crippen molar-refractivity contribution in [1.29, 1.82) is 0 Å². The lowest BCUT2D eigenvalue weighted by atomic mass is 9.98. The first-order chi connectivity index (χ1) is 16.8. The highest BCUT2D eigenvalue weighted by atomic mass is 35.5. The summed E-state index contributed by atoms with van der Waals surface area (Å²) >= 11 is 6.23. The minimum absolute atomic E-state index is 0.0748. The van der Waals surface area contributed by atoms with Gasteiger partial charge < -0.3 is 16.0 Å². The van der Waals surface area contributed by atoms with Crippen LogP contribution in [0.1, 0.15) is 47.3 Å². The van der Waals surface area contributed by atoms with E-state index in [-0.39, 0.29) is 34.4 Å². The molecule has 2 atom stereocenters. The molecule has 182 valence electrons. The molecule has 4 rings (SSSR count). The number of aromatic nitrogens is 2. The Balaban J connectivity index is 1.40. The predicted molar refractivity (Wildman–Crippen MR) is 133 cm³/mol. The molecule has 1 aromatic heterocycles. The Hall–Kier alpha value is -3.72. The lowest BCUT2D eigenvalue weighted by Crippen LogP contribution is -2.33. The van der Waals surface area contributed by atoms with Gasteiger partial charge in [0.05, 0.1) is 22.1 Å². The lowest BCUT2D eigenvalue weighted by molar-refractivity contribution is 0.102. The molecule has 1 aliphatic carbocycles. The second-order valence-electron chi connectivity index (χ2n) is 8.69. The van der Waals surface area contributed by atoms with E-state index in [0.717, 1.165) is 36.6 Å². The third-order valence-electron chi connectivity index (χ3n) is 5.98. The summed E-state index contributed by atoms with van der Waals surface area (Å²) in [4.78, 5) is 36.5. The first kappa shape index (κ1) is 24.4. The molecule has 8 nitrogen and oxygen atoms in total. The molecule has 0 spiro atoms. The van der Waals surface area contributed by atoms with Crippen LogP contribution in [0.2, 0.25) is 5.02 Å². The molecular formula is C25H25ClFN5O3. The monoisotopic (exact) mass is 497 g/mol. The maximum absolute atomic E-state index is 14.7. The van der Waals surface area contributed by atoms with Crippen LogP contribution in [-0.2, 0) is 6.42 Å². The number of fused-ring (bicyclic) bond motifs is 1. The van der Waals surface area contributed by atoms with Gasteiger partial charge in [0.2, 0.25) is 0 Å². The van der Waals surface area contributed by atoms with E-state index in [0.29, 0.717) is 11.5 Å². The fourth-order valence-corrected chi connectivity index (χ4v) is 4.38. The number of carbonyl (C=O) groups is 2. The van der Waals surface area contributed by atoms with E-state index < -0.39 is 17.8 Å². The highest BCUT2D eigenvalue weighted by molar-refractivity contribution is 6.34. The first-order valence-corrected chi connectivity index (χ1v) is 11.7. The Kier molecular flexibility index (Phi) is 7.45. The van der Waals surface area contributed by atoms with Crippen molar-refractivity contribution in [2.75, 3.05) is 17.2 Å². The fourth-order valence-electron chi connectivity index (χ4n) is 4.17. The summed E-state index contributed by atoms with van der Waals surface area (Å²) in [6.07, 6.45) is 2.48. The molecule has 0 saturated heterocycles. The van der Waals surface area contributed by atoms with Gasteiger partial charge in [-0.2, -0.15) is 5.10 Å². The second-order valence-corrected chi connectivity index (χ2v) is 9.10. The molecule has 0 radical (unpaired) electrons. The molecule has 0 aliphatic heterocycles. The quantitative estimate of drug-likeness (QED) is 0.382. The molecule has 1 aliphatic rings. The van der Waals surface area contributed by atoms with Crippen LogP contribution in [-0.4, -0.2) is 28.7 Å². The van der Waals surface area contributed by atoms with Crippen molar-refractivity contribution >= 4 is 34.9 Å². The van der Waals surface area contributed by atoms with Gasteiger partial charge >= 0.3 is 6.03 Å². The van der Waals surface area contributed by atoms with E-state index >= 15 is 0 Å². The molecule has 0 saturated carbocycles. The zero-order valence-corrected chi connectivity index (χ0v) is 19.8. The molecule has 2 aromatic carbocycles. The lowest BCUT2D eigenvalue weighted by Gasteiger charge is -2.17. The molecule has 0 fully saturated rings. The van der Waals surface area contributed by atoms with E-state index in [9.17, 15) is 18.8 Å². The van der Waals surface area contributed by atoms with Gasteiger partial charge in [-0.25, -0.2) is 14.3 Å². The molecule has 10 heteroatoms. The molecular weight excluding hydrogens is 473 g/mol. The number of nitrogens with zero attached hydrogens (tertiary/aromatic N) is 1. The third-order valence-corrected chi connectivity index (χ3v) is 6.29. The Bertz CT molecular complexity index is 1300. The molecule has 0 bridgehead atoms. The van der Waals surface area contributed by atoms with Crippen molar-refractivity contribution in [2.24, 2.45) is 5.92 Å². The Labute approximate surface area is 206 Å². The van der Waals surface area contributed by atoms with Crippen LogP contribution in [0.5, 0.6) is 0 Å². The van der Waals surface area contributed by atoms with Crippen molar-refractivity contribution < 1.29 is 14.0 Å². The van der Waals surface area contributed by atoms with Gasteiger partial charge in [0.1, 0.15) is 5.82 Å².